The van der Waals surface area contributed by atoms with Crippen LogP contribution in [0.4, 0.5) is 10.5 Å². The molecule has 3 amide bonds. The van der Waals surface area contributed by atoms with Gasteiger partial charge in [0.1, 0.15) is 11.5 Å². The molecule has 1 aliphatic heterocycles. The van der Waals surface area contributed by atoms with Crippen molar-refractivity contribution in [2.24, 2.45) is 0 Å². The van der Waals surface area contributed by atoms with Crippen LogP contribution in [0.3, 0.4) is 0 Å². The molecule has 0 spiro atoms. The van der Waals surface area contributed by atoms with Gasteiger partial charge in [-0.15, -0.1) is 0 Å². The van der Waals surface area contributed by atoms with Crippen molar-refractivity contribution >= 4 is 17.6 Å². The zero-order valence-electron chi connectivity index (χ0n) is 16.2. The molecular formula is C21H25N3O4. The Morgan fingerprint density at radius 3 is 2.29 bits per heavy atom. The Morgan fingerprint density at radius 1 is 1.00 bits per heavy atom. The third kappa shape index (κ3) is 4.94. The van der Waals surface area contributed by atoms with Crippen molar-refractivity contribution in [1.29, 1.82) is 0 Å². The number of ether oxygens (including phenoxy) is 2. The van der Waals surface area contributed by atoms with E-state index in [1.54, 1.807) is 42.2 Å². The molecule has 1 N–H and O–H groups in total. The Hall–Kier alpha value is -3.22. The maximum absolute atomic E-state index is 12.5. The normalized spacial score (nSPS) is 13.6. The molecule has 3 rings (SSSR count). The summed E-state index contributed by atoms with van der Waals surface area (Å²) in [7, 11) is 3.11. The summed E-state index contributed by atoms with van der Waals surface area (Å²) in [6.07, 6.45) is 0.227. The average molecular weight is 383 g/mol. The Bertz CT molecular complexity index is 803. The molecule has 0 aliphatic carbocycles. The van der Waals surface area contributed by atoms with Gasteiger partial charge < -0.3 is 24.6 Å². The van der Waals surface area contributed by atoms with E-state index in [9.17, 15) is 9.59 Å². The summed E-state index contributed by atoms with van der Waals surface area (Å²) in [6.45, 7) is 2.28. The first kappa shape index (κ1) is 19.5. The molecule has 0 atom stereocenters. The number of nitrogens with zero attached hydrogens (tertiary/aromatic N) is 2. The number of urea groups is 1. The van der Waals surface area contributed by atoms with E-state index in [0.29, 0.717) is 43.4 Å². The van der Waals surface area contributed by atoms with Gasteiger partial charge in [0, 0.05) is 56.5 Å². The lowest BCUT2D eigenvalue weighted by atomic mass is 10.2. The van der Waals surface area contributed by atoms with Crippen LogP contribution in [-0.4, -0.2) is 55.6 Å². The Labute approximate surface area is 164 Å². The van der Waals surface area contributed by atoms with Gasteiger partial charge in [-0.2, -0.15) is 0 Å². The predicted molar refractivity (Wildman–Crippen MR) is 107 cm³/mol. The summed E-state index contributed by atoms with van der Waals surface area (Å²) in [5.41, 5.74) is 1.70. The van der Waals surface area contributed by atoms with Crippen LogP contribution in [0.25, 0.3) is 0 Å². The van der Waals surface area contributed by atoms with Gasteiger partial charge in [-0.25, -0.2) is 4.79 Å². The monoisotopic (exact) mass is 383 g/mol. The predicted octanol–water partition coefficient (Wildman–Crippen LogP) is 2.97. The van der Waals surface area contributed by atoms with Gasteiger partial charge in [0.25, 0.3) is 0 Å². The minimum Gasteiger partial charge on any atom is -0.497 e. The maximum atomic E-state index is 12.5. The second-order valence-electron chi connectivity index (χ2n) is 6.58. The summed E-state index contributed by atoms with van der Waals surface area (Å²) in [5.74, 6) is 1.03. The zero-order valence-corrected chi connectivity index (χ0v) is 16.2. The largest absolute Gasteiger partial charge is 0.497 e. The van der Waals surface area contributed by atoms with E-state index in [0.717, 1.165) is 5.56 Å². The highest BCUT2D eigenvalue weighted by molar-refractivity contribution is 5.91. The smallest absolute Gasteiger partial charge is 0.320 e. The number of carbonyl (C=O) groups is 2. The maximum Gasteiger partial charge on any atom is 0.320 e. The highest BCUT2D eigenvalue weighted by Gasteiger charge is 2.28. The van der Waals surface area contributed by atoms with E-state index in [4.69, 9.17) is 9.47 Å². The quantitative estimate of drug-likeness (QED) is 0.761. The SMILES string of the molecule is COc1cc(NC(=O)CCN2CCN(Cc3ccccc3)C2=O)cc(OC)c1. The van der Waals surface area contributed by atoms with Gasteiger partial charge in [-0.3, -0.25) is 4.79 Å². The zero-order chi connectivity index (χ0) is 19.9. The molecule has 7 nitrogen and oxygen atoms in total. The van der Waals surface area contributed by atoms with E-state index in [2.05, 4.69) is 5.32 Å². The van der Waals surface area contributed by atoms with Crippen molar-refractivity contribution in [2.45, 2.75) is 13.0 Å². The van der Waals surface area contributed by atoms with Crippen molar-refractivity contribution in [1.82, 2.24) is 9.80 Å². The van der Waals surface area contributed by atoms with Gasteiger partial charge in [0.05, 0.1) is 14.2 Å². The van der Waals surface area contributed by atoms with Crippen LogP contribution >= 0.6 is 0 Å². The lowest BCUT2D eigenvalue weighted by molar-refractivity contribution is -0.116. The first-order valence-corrected chi connectivity index (χ1v) is 9.19. The standard InChI is InChI=1S/C21H25N3O4/c1-27-18-12-17(13-19(14-18)28-2)22-20(25)8-9-23-10-11-24(21(23)26)15-16-6-4-3-5-7-16/h3-7,12-14H,8-11,15H2,1-2H3,(H,22,25). The van der Waals surface area contributed by atoms with Gasteiger partial charge in [0.15, 0.2) is 0 Å². The summed E-state index contributed by atoms with van der Waals surface area (Å²) >= 11 is 0. The number of anilines is 1. The molecule has 0 saturated carbocycles. The van der Waals surface area contributed by atoms with Crippen LogP contribution in [0.1, 0.15) is 12.0 Å². The van der Waals surface area contributed by atoms with Crippen molar-refractivity contribution in [3.63, 3.8) is 0 Å². The highest BCUT2D eigenvalue weighted by atomic mass is 16.5. The molecular weight excluding hydrogens is 358 g/mol. The Balaban J connectivity index is 1.50. The molecule has 0 bridgehead atoms. The Morgan fingerprint density at radius 2 is 1.64 bits per heavy atom. The van der Waals surface area contributed by atoms with E-state index in [1.807, 2.05) is 30.3 Å². The minimum atomic E-state index is -0.162. The number of rotatable bonds is 8. The first-order valence-electron chi connectivity index (χ1n) is 9.19. The lowest BCUT2D eigenvalue weighted by Gasteiger charge is -2.18. The fourth-order valence-electron chi connectivity index (χ4n) is 3.13. The number of hydrogen-bond acceptors (Lipinski definition) is 4. The summed E-state index contributed by atoms with van der Waals surface area (Å²) in [5, 5.41) is 2.83. The molecule has 7 heteroatoms. The van der Waals surface area contributed by atoms with Crippen LogP contribution in [-0.2, 0) is 11.3 Å². The van der Waals surface area contributed by atoms with Crippen LogP contribution in [0.15, 0.2) is 48.5 Å². The van der Waals surface area contributed by atoms with Crippen LogP contribution in [0.2, 0.25) is 0 Å². The van der Waals surface area contributed by atoms with Crippen molar-refractivity contribution < 1.29 is 19.1 Å². The van der Waals surface area contributed by atoms with E-state index in [1.165, 1.54) is 0 Å². The molecule has 1 aliphatic rings. The second-order valence-corrected chi connectivity index (χ2v) is 6.58. The number of carbonyl (C=O) groups excluding carboxylic acids is 2. The average Bonchev–Trinajstić information content (AvgIpc) is 3.06. The molecule has 28 heavy (non-hydrogen) atoms. The van der Waals surface area contributed by atoms with E-state index < -0.39 is 0 Å². The van der Waals surface area contributed by atoms with E-state index >= 15 is 0 Å². The third-order valence-corrected chi connectivity index (χ3v) is 4.64. The summed E-state index contributed by atoms with van der Waals surface area (Å²) in [4.78, 5) is 28.4. The molecule has 1 heterocycles. The van der Waals surface area contributed by atoms with Crippen molar-refractivity contribution in [3.05, 3.63) is 54.1 Å². The van der Waals surface area contributed by atoms with Crippen LogP contribution in [0.5, 0.6) is 11.5 Å². The fraction of sp³-hybridized carbons (Fsp3) is 0.333. The number of amides is 3. The van der Waals surface area contributed by atoms with Gasteiger partial charge in [-0.1, -0.05) is 30.3 Å². The molecule has 1 fully saturated rings. The fourth-order valence-corrected chi connectivity index (χ4v) is 3.13. The number of nitrogens with one attached hydrogen (secondary N) is 1. The molecule has 0 aromatic heterocycles. The van der Waals surface area contributed by atoms with Crippen LogP contribution < -0.4 is 14.8 Å². The highest BCUT2D eigenvalue weighted by Crippen LogP contribution is 2.25. The molecule has 148 valence electrons. The van der Waals surface area contributed by atoms with Crippen molar-refractivity contribution in [3.8, 4) is 11.5 Å². The Kier molecular flexibility index (Phi) is 6.37. The topological polar surface area (TPSA) is 71.1 Å². The minimum absolute atomic E-state index is 0.0281. The number of hydrogen-bond donors (Lipinski definition) is 1. The third-order valence-electron chi connectivity index (χ3n) is 4.64. The molecule has 0 radical (unpaired) electrons. The molecule has 0 unspecified atom stereocenters. The van der Waals surface area contributed by atoms with Crippen molar-refractivity contribution in [2.75, 3.05) is 39.2 Å². The first-order chi connectivity index (χ1) is 13.6. The number of methoxy groups -OCH3 is 2. The summed E-state index contributed by atoms with van der Waals surface area (Å²) < 4.78 is 10.4. The molecule has 2 aromatic carbocycles. The van der Waals surface area contributed by atoms with E-state index in [-0.39, 0.29) is 18.4 Å². The molecule has 1 saturated heterocycles. The second kappa shape index (κ2) is 9.12. The summed E-state index contributed by atoms with van der Waals surface area (Å²) in [6, 6.07) is 15.1. The van der Waals surface area contributed by atoms with Crippen LogP contribution in [0, 0.1) is 0 Å². The lowest BCUT2D eigenvalue weighted by Crippen LogP contribution is -2.33. The van der Waals surface area contributed by atoms with Gasteiger partial charge in [-0.05, 0) is 5.56 Å². The van der Waals surface area contributed by atoms with Gasteiger partial charge >= 0.3 is 6.03 Å². The molecule has 2 aromatic rings. The number of benzene rings is 2. The van der Waals surface area contributed by atoms with Gasteiger partial charge in [0.2, 0.25) is 5.91 Å².